The maximum Gasteiger partial charge on any atom is 0.222 e. The average molecular weight is 522 g/mol. The van der Waals surface area contributed by atoms with Gasteiger partial charge < -0.3 is 5.32 Å². The first kappa shape index (κ1) is 36.5. The lowest BCUT2D eigenvalue weighted by atomic mass is 9.93. The molecular weight excluding hydrogens is 450 g/mol. The summed E-state index contributed by atoms with van der Waals surface area (Å²) < 4.78 is 0. The number of unbranched alkanes of at least 4 members (excludes halogenated alkanes) is 26. The van der Waals surface area contributed by atoms with Crippen molar-refractivity contribution in [3.05, 3.63) is 0 Å². The Morgan fingerprint density at radius 2 is 0.622 bits per heavy atom. The van der Waals surface area contributed by atoms with E-state index in [1.165, 1.54) is 180 Å². The molecule has 0 fully saturated rings. The van der Waals surface area contributed by atoms with Gasteiger partial charge in [0.15, 0.2) is 0 Å². The predicted molar refractivity (Wildman–Crippen MR) is 167 cm³/mol. The van der Waals surface area contributed by atoms with E-state index in [1.54, 1.807) is 7.05 Å². The fraction of sp³-hybridized carbons (Fsp3) is 0.971. The van der Waals surface area contributed by atoms with Crippen LogP contribution in [0.3, 0.4) is 0 Å². The molecule has 0 aliphatic heterocycles. The Balaban J connectivity index is 3.31. The first-order valence-electron chi connectivity index (χ1n) is 17.5. The Bertz CT molecular complexity index is 435. The third-order valence-electron chi connectivity index (χ3n) is 8.43. The Morgan fingerprint density at radius 1 is 0.405 bits per heavy atom. The van der Waals surface area contributed by atoms with Crippen molar-refractivity contribution in [3.63, 3.8) is 0 Å². The zero-order valence-corrected chi connectivity index (χ0v) is 26.2. The van der Waals surface area contributed by atoms with Gasteiger partial charge in [0, 0.05) is 13.0 Å². The van der Waals surface area contributed by atoms with Gasteiger partial charge in [-0.05, 0) is 12.8 Å². The highest BCUT2D eigenvalue weighted by molar-refractivity contribution is 5.78. The van der Waals surface area contributed by atoms with Crippen LogP contribution in [-0.2, 0) is 4.79 Å². The number of amides is 1. The van der Waals surface area contributed by atoms with Crippen LogP contribution in [-0.4, -0.2) is 13.0 Å². The van der Waals surface area contributed by atoms with Crippen molar-refractivity contribution in [2.45, 2.75) is 206 Å². The van der Waals surface area contributed by atoms with Crippen LogP contribution in [0.4, 0.5) is 0 Å². The van der Waals surface area contributed by atoms with Crippen molar-refractivity contribution in [1.82, 2.24) is 5.32 Å². The summed E-state index contributed by atoms with van der Waals surface area (Å²) in [5.74, 6) is 0.524. The highest BCUT2D eigenvalue weighted by Crippen LogP contribution is 2.20. The van der Waals surface area contributed by atoms with Gasteiger partial charge in [-0.15, -0.1) is 0 Å². The van der Waals surface area contributed by atoms with E-state index in [0.29, 0.717) is 0 Å². The second-order valence-corrected chi connectivity index (χ2v) is 12.1. The monoisotopic (exact) mass is 522 g/mol. The van der Waals surface area contributed by atoms with Crippen LogP contribution in [0.25, 0.3) is 0 Å². The Kier molecular flexibility index (Phi) is 31.2. The predicted octanol–water partition coefficient (Wildman–Crippen LogP) is 12.1. The topological polar surface area (TPSA) is 29.1 Å². The first-order valence-corrected chi connectivity index (χ1v) is 17.5. The fourth-order valence-corrected chi connectivity index (χ4v) is 5.78. The molecule has 2 heteroatoms. The van der Waals surface area contributed by atoms with E-state index < -0.39 is 0 Å². The van der Waals surface area contributed by atoms with Gasteiger partial charge in [-0.1, -0.05) is 194 Å². The molecular formula is C35H71NO. The van der Waals surface area contributed by atoms with Crippen molar-refractivity contribution < 1.29 is 4.79 Å². The molecule has 0 saturated carbocycles. The standard InChI is InChI=1S/C35H71NO/c1-4-6-8-10-11-12-13-14-15-16-17-18-19-20-21-22-23-24-25-26-27-29-31-33-34(35(37)36-3)32-30-28-9-7-5-2/h34H,4-33H2,1-3H3,(H,36,37). The van der Waals surface area contributed by atoms with Gasteiger partial charge in [0.1, 0.15) is 0 Å². The van der Waals surface area contributed by atoms with Crippen LogP contribution in [0.15, 0.2) is 0 Å². The molecule has 1 unspecified atom stereocenters. The molecule has 0 radical (unpaired) electrons. The van der Waals surface area contributed by atoms with E-state index in [0.717, 1.165) is 12.8 Å². The van der Waals surface area contributed by atoms with E-state index in [4.69, 9.17) is 0 Å². The van der Waals surface area contributed by atoms with Gasteiger partial charge in [-0.2, -0.15) is 0 Å². The molecule has 0 aromatic rings. The van der Waals surface area contributed by atoms with Crippen molar-refractivity contribution in [2.24, 2.45) is 5.92 Å². The summed E-state index contributed by atoms with van der Waals surface area (Å²) in [4.78, 5) is 12.2. The fourth-order valence-electron chi connectivity index (χ4n) is 5.78. The van der Waals surface area contributed by atoms with Gasteiger partial charge in [-0.3, -0.25) is 4.79 Å². The van der Waals surface area contributed by atoms with Crippen molar-refractivity contribution in [2.75, 3.05) is 7.05 Å². The summed E-state index contributed by atoms with van der Waals surface area (Å²) in [5.41, 5.74) is 0. The number of carbonyl (C=O) groups is 1. The lowest BCUT2D eigenvalue weighted by Crippen LogP contribution is -2.27. The number of rotatable bonds is 31. The molecule has 37 heavy (non-hydrogen) atoms. The summed E-state index contributed by atoms with van der Waals surface area (Å²) in [5, 5.41) is 2.89. The molecule has 1 amide bonds. The van der Waals surface area contributed by atoms with Gasteiger partial charge in [0.25, 0.3) is 0 Å². The highest BCUT2D eigenvalue weighted by atomic mass is 16.1. The zero-order chi connectivity index (χ0) is 27.1. The van der Waals surface area contributed by atoms with E-state index in [1.807, 2.05) is 0 Å². The van der Waals surface area contributed by atoms with Gasteiger partial charge >= 0.3 is 0 Å². The maximum absolute atomic E-state index is 12.2. The summed E-state index contributed by atoms with van der Waals surface area (Å²) >= 11 is 0. The molecule has 2 nitrogen and oxygen atoms in total. The molecule has 0 heterocycles. The van der Waals surface area contributed by atoms with E-state index >= 15 is 0 Å². The Morgan fingerprint density at radius 3 is 0.838 bits per heavy atom. The van der Waals surface area contributed by atoms with E-state index in [2.05, 4.69) is 19.2 Å². The minimum atomic E-state index is 0.251. The molecule has 0 aliphatic rings. The Labute approximate surface area is 235 Å². The summed E-state index contributed by atoms with van der Waals surface area (Å²) in [6.07, 6.45) is 41.5. The van der Waals surface area contributed by atoms with Crippen LogP contribution < -0.4 is 5.32 Å². The first-order chi connectivity index (χ1) is 18.3. The second-order valence-electron chi connectivity index (χ2n) is 12.1. The number of carbonyl (C=O) groups excluding carboxylic acids is 1. The molecule has 0 aromatic heterocycles. The van der Waals surface area contributed by atoms with Gasteiger partial charge in [-0.25, -0.2) is 0 Å². The normalized spacial score (nSPS) is 12.2. The van der Waals surface area contributed by atoms with E-state index in [-0.39, 0.29) is 11.8 Å². The van der Waals surface area contributed by atoms with Crippen molar-refractivity contribution in [3.8, 4) is 0 Å². The molecule has 0 spiro atoms. The zero-order valence-electron chi connectivity index (χ0n) is 26.2. The SMILES string of the molecule is CCCCCCCCCCCCCCCCCCCCCCCCCC(CCCCCCC)C(=O)NC. The molecule has 1 atom stereocenters. The van der Waals surface area contributed by atoms with E-state index in [9.17, 15) is 4.79 Å². The summed E-state index contributed by atoms with van der Waals surface area (Å²) in [6, 6.07) is 0. The highest BCUT2D eigenvalue weighted by Gasteiger charge is 2.16. The maximum atomic E-state index is 12.2. The van der Waals surface area contributed by atoms with Gasteiger partial charge in [0.05, 0.1) is 0 Å². The minimum absolute atomic E-state index is 0.251. The number of hydrogen-bond donors (Lipinski definition) is 1. The molecule has 1 N–H and O–H groups in total. The van der Waals surface area contributed by atoms with Crippen LogP contribution in [0.2, 0.25) is 0 Å². The van der Waals surface area contributed by atoms with Crippen LogP contribution in [0.5, 0.6) is 0 Å². The van der Waals surface area contributed by atoms with Crippen molar-refractivity contribution >= 4 is 5.91 Å². The summed E-state index contributed by atoms with van der Waals surface area (Å²) in [7, 11) is 1.80. The minimum Gasteiger partial charge on any atom is -0.359 e. The van der Waals surface area contributed by atoms with Crippen LogP contribution in [0, 0.1) is 5.92 Å². The molecule has 0 bridgehead atoms. The number of nitrogens with one attached hydrogen (secondary N) is 1. The molecule has 0 saturated heterocycles. The lowest BCUT2D eigenvalue weighted by Gasteiger charge is -2.15. The van der Waals surface area contributed by atoms with Gasteiger partial charge in [0.2, 0.25) is 5.91 Å². The molecule has 0 rings (SSSR count). The second kappa shape index (κ2) is 31.7. The largest absolute Gasteiger partial charge is 0.359 e. The van der Waals surface area contributed by atoms with Crippen LogP contribution in [0.1, 0.15) is 206 Å². The Hall–Kier alpha value is -0.530. The molecule has 0 aliphatic carbocycles. The molecule has 222 valence electrons. The third kappa shape index (κ3) is 28.3. The quantitative estimate of drug-likeness (QED) is 0.0903. The molecule has 0 aromatic carbocycles. The van der Waals surface area contributed by atoms with Crippen molar-refractivity contribution in [1.29, 1.82) is 0 Å². The number of hydrogen-bond acceptors (Lipinski definition) is 1. The van der Waals surface area contributed by atoms with Crippen LogP contribution >= 0.6 is 0 Å². The average Bonchev–Trinajstić information content (AvgIpc) is 2.91. The summed E-state index contributed by atoms with van der Waals surface area (Å²) in [6.45, 7) is 4.56. The lowest BCUT2D eigenvalue weighted by molar-refractivity contribution is -0.125. The third-order valence-corrected chi connectivity index (χ3v) is 8.43. The smallest absolute Gasteiger partial charge is 0.222 e.